The summed E-state index contributed by atoms with van der Waals surface area (Å²) in [6.45, 7) is -7.28. The Labute approximate surface area is 139 Å². The number of aromatic nitrogens is 1. The Kier molecular flexibility index (Phi) is 1.65. The summed E-state index contributed by atoms with van der Waals surface area (Å²) in [6.07, 6.45) is -3.73. The van der Waals surface area contributed by atoms with E-state index in [1.807, 2.05) is 0 Å². The molecule has 0 saturated carbocycles. The molecule has 2 heterocycles. The normalized spacial score (nSPS) is 28.2. The number of cyclic esters (lactones) is 1. The zero-order chi connectivity index (χ0) is 24.2. The van der Waals surface area contributed by atoms with Crippen molar-refractivity contribution in [2.24, 2.45) is 0 Å². The van der Waals surface area contributed by atoms with Gasteiger partial charge in [0.1, 0.15) is 6.61 Å². The van der Waals surface area contributed by atoms with E-state index >= 15 is 0 Å². The Morgan fingerprint density at radius 3 is 3.29 bits per heavy atom. The summed E-state index contributed by atoms with van der Waals surface area (Å²) >= 11 is 0. The first-order valence-corrected chi connectivity index (χ1v) is 6.40. The SMILES string of the molecule is [2H]c1c(C([2H])([2H])CN(C([2H])([2H])[2H])C([2H])([2H])[2H])c2cc(C[C@H]3COC(=O)N3[2H])ccc2n1[2H]. The smallest absolute Gasteiger partial charge is 0.407 e. The van der Waals surface area contributed by atoms with Crippen molar-refractivity contribution in [2.45, 2.75) is 18.8 Å². The maximum atomic E-state index is 11.4. The number of benzene rings is 1. The predicted molar refractivity (Wildman–Crippen MR) is 82.5 cm³/mol. The lowest BCUT2D eigenvalue weighted by Gasteiger charge is -2.09. The fourth-order valence-electron chi connectivity index (χ4n) is 2.24. The summed E-state index contributed by atoms with van der Waals surface area (Å²) in [5, 5.41) is 0.839. The fraction of sp³-hybridized carbons (Fsp3) is 0.438. The second kappa shape index (κ2) is 5.77. The molecule has 1 amide bonds. The van der Waals surface area contributed by atoms with Crippen molar-refractivity contribution in [3.05, 3.63) is 35.5 Å². The topological polar surface area (TPSA) is 57.4 Å². The number of likely N-dealkylation sites (N-methyl/N-ethyl adjacent to an activating group) is 1. The highest BCUT2D eigenvalue weighted by Crippen LogP contribution is 2.21. The molecule has 112 valence electrons. The van der Waals surface area contributed by atoms with Crippen LogP contribution in [0.2, 0.25) is 2.82 Å². The van der Waals surface area contributed by atoms with Gasteiger partial charge in [0.05, 0.1) is 7.41 Å². The van der Waals surface area contributed by atoms with Crippen LogP contribution in [-0.2, 0) is 17.5 Å². The van der Waals surface area contributed by atoms with E-state index in [-0.39, 0.29) is 34.4 Å². The highest BCUT2D eigenvalue weighted by molar-refractivity contribution is 5.84. The second-order valence-corrected chi connectivity index (χ2v) is 4.78. The number of nitrogens with zero attached hydrogens (tertiary/aromatic N) is 1. The van der Waals surface area contributed by atoms with Crippen molar-refractivity contribution in [3.8, 4) is 0 Å². The van der Waals surface area contributed by atoms with Crippen LogP contribution in [0.25, 0.3) is 10.9 Å². The van der Waals surface area contributed by atoms with Gasteiger partial charge >= 0.3 is 6.09 Å². The number of alkyl carbamates (subject to hydrolysis) is 1. The summed E-state index contributed by atoms with van der Waals surface area (Å²) in [4.78, 5) is 12.2. The quantitative estimate of drug-likeness (QED) is 0.887. The first-order chi connectivity index (χ1) is 14.5. The third-order valence-corrected chi connectivity index (χ3v) is 3.19. The molecule has 5 nitrogen and oxygen atoms in total. The highest BCUT2D eigenvalue weighted by atomic mass is 16.6. The maximum Gasteiger partial charge on any atom is 0.407 e. The number of amides is 1. The van der Waals surface area contributed by atoms with Gasteiger partial charge in [0.15, 0.2) is 2.82 Å². The van der Waals surface area contributed by atoms with E-state index in [1.165, 1.54) is 12.1 Å². The summed E-state index contributed by atoms with van der Waals surface area (Å²) in [5.74, 6) is 0. The molecule has 2 N–H and O–H groups in total. The van der Waals surface area contributed by atoms with Crippen LogP contribution in [0, 0.1) is 0 Å². The molecule has 0 radical (unpaired) electrons. The standard InChI is InChI=1S/C16H21N3O2/c1-19(2)6-5-12-9-17-15-4-3-11(8-14(12)15)7-13-10-21-16(20)18-13/h3-4,8-9,13,17H,5-7,10H2,1-2H3,(H,18,20)/t13-/m0/s1/i1D3,2D3,5D2,9D/hD2. The minimum atomic E-state index is -3.11. The van der Waals surface area contributed by atoms with Crippen molar-refractivity contribution in [1.29, 1.82) is 0 Å². The fourth-order valence-corrected chi connectivity index (χ4v) is 2.24. The number of carbonyl (C=O) groups excluding carboxylic acids is 1. The van der Waals surface area contributed by atoms with Gasteiger partial charge in [-0.3, -0.25) is 0 Å². The second-order valence-electron chi connectivity index (χ2n) is 4.78. The molecule has 1 atom stereocenters. The van der Waals surface area contributed by atoms with Gasteiger partial charge in [-0.1, -0.05) is 6.07 Å². The Bertz CT molecular complexity index is 1020. The summed E-state index contributed by atoms with van der Waals surface area (Å²) in [7, 11) is 0. The van der Waals surface area contributed by atoms with Gasteiger partial charge in [0.2, 0.25) is 0 Å². The molecule has 2 aromatic rings. The molecule has 0 spiro atoms. The third kappa shape index (κ3) is 3.19. The number of hydrogen-bond donors (Lipinski definition) is 2. The number of hydrogen-bond acceptors (Lipinski definition) is 3. The van der Waals surface area contributed by atoms with Crippen molar-refractivity contribution in [3.63, 3.8) is 0 Å². The van der Waals surface area contributed by atoms with Gasteiger partial charge in [0.25, 0.3) is 0 Å². The van der Waals surface area contributed by atoms with Crippen molar-refractivity contribution >= 4 is 17.0 Å². The average Bonchev–Trinajstić information content (AvgIpc) is 3.09. The number of rotatable bonds is 5. The minimum absolute atomic E-state index is 0.00330. The lowest BCUT2D eigenvalue weighted by atomic mass is 10.0. The number of fused-ring (bicyclic) bond motifs is 1. The monoisotopic (exact) mass is 298 g/mol. The molecule has 5 heteroatoms. The van der Waals surface area contributed by atoms with E-state index in [1.54, 1.807) is 6.07 Å². The highest BCUT2D eigenvalue weighted by Gasteiger charge is 2.22. The largest absolute Gasteiger partial charge is 0.447 e. The average molecular weight is 298 g/mol. The van der Waals surface area contributed by atoms with Crippen molar-refractivity contribution in [1.82, 2.24) is 15.2 Å². The van der Waals surface area contributed by atoms with Gasteiger partial charge in [-0.25, -0.2) is 4.79 Å². The first kappa shape index (κ1) is 6.01. The number of nitrogens with one attached hydrogen (secondary N) is 2. The van der Waals surface area contributed by atoms with E-state index in [0.29, 0.717) is 15.9 Å². The van der Waals surface area contributed by atoms with E-state index in [9.17, 15) is 4.79 Å². The molecule has 1 saturated heterocycles. The molecule has 21 heavy (non-hydrogen) atoms. The van der Waals surface area contributed by atoms with E-state index in [0.717, 1.165) is 0 Å². The predicted octanol–water partition coefficient (Wildman–Crippen LogP) is 1.92. The Balaban J connectivity index is 2.04. The van der Waals surface area contributed by atoms with Gasteiger partial charge in [-0.2, -0.15) is 0 Å². The van der Waals surface area contributed by atoms with Gasteiger partial charge in [0, 0.05) is 34.6 Å². The van der Waals surface area contributed by atoms with Crippen LogP contribution in [0.5, 0.6) is 0 Å². The van der Waals surface area contributed by atoms with Crippen LogP contribution in [0.3, 0.4) is 0 Å². The van der Waals surface area contributed by atoms with E-state index in [2.05, 4.69) is 0 Å². The lowest BCUT2D eigenvalue weighted by Crippen LogP contribution is -2.28. The Morgan fingerprint density at radius 2 is 2.52 bits per heavy atom. The molecule has 1 aromatic heterocycles. The number of carbonyl (C=O) groups is 1. The number of aromatic amines is 1. The van der Waals surface area contributed by atoms with Crippen molar-refractivity contribution < 1.29 is 24.7 Å². The molecule has 1 aliphatic heterocycles. The Hall–Kier alpha value is -2.01. The van der Waals surface area contributed by atoms with Crippen LogP contribution in [0.1, 0.15) is 23.5 Å². The van der Waals surface area contributed by atoms with Crippen LogP contribution in [0.4, 0.5) is 4.79 Å². The summed E-state index contributed by atoms with van der Waals surface area (Å²) in [6, 6.07) is 4.01. The molecule has 0 aliphatic carbocycles. The molecule has 3 rings (SSSR count). The Morgan fingerprint density at radius 1 is 1.62 bits per heavy atom. The van der Waals surface area contributed by atoms with Gasteiger partial charge in [-0.05, 0) is 50.0 Å². The minimum Gasteiger partial charge on any atom is -0.447 e. The van der Waals surface area contributed by atoms with Crippen LogP contribution in [-0.4, -0.2) is 49.1 Å². The van der Waals surface area contributed by atoms with E-state index in [4.69, 9.17) is 19.9 Å². The molecule has 0 bridgehead atoms. The maximum absolute atomic E-state index is 11.4. The van der Waals surface area contributed by atoms with Gasteiger partial charge < -0.3 is 19.9 Å². The van der Waals surface area contributed by atoms with Crippen molar-refractivity contribution in [2.75, 3.05) is 27.1 Å². The summed E-state index contributed by atoms with van der Waals surface area (Å²) < 4.78 is 90.6. The third-order valence-electron chi connectivity index (χ3n) is 3.19. The first-order valence-electron chi connectivity index (χ1n) is 11.8. The number of ether oxygens (including phenoxy) is 1. The molecular formula is C16H21N3O2. The molecule has 0 unspecified atom stereocenters. The van der Waals surface area contributed by atoms with Crippen LogP contribution < -0.4 is 5.31 Å². The molecule has 1 fully saturated rings. The summed E-state index contributed by atoms with van der Waals surface area (Å²) in [5.41, 5.74) is 0.432. The lowest BCUT2D eigenvalue weighted by molar-refractivity contribution is 0.177. The van der Waals surface area contributed by atoms with Crippen LogP contribution in [0.15, 0.2) is 24.4 Å². The number of H-pyrrole nitrogens is 1. The van der Waals surface area contributed by atoms with E-state index < -0.39 is 45.2 Å². The molecular weight excluding hydrogens is 266 g/mol. The van der Waals surface area contributed by atoms with Gasteiger partial charge in [-0.15, -0.1) is 0 Å². The zero-order valence-electron chi connectivity index (χ0n) is 22.1. The molecule has 1 aromatic carbocycles. The van der Waals surface area contributed by atoms with Crippen LogP contribution >= 0.6 is 0 Å². The zero-order valence-corrected chi connectivity index (χ0v) is 11.1. The molecule has 1 aliphatic rings.